The van der Waals surface area contributed by atoms with Gasteiger partial charge in [-0.15, -0.1) is 0 Å². The first-order chi connectivity index (χ1) is 13.7. The van der Waals surface area contributed by atoms with Crippen LogP contribution in [0.3, 0.4) is 0 Å². The minimum Gasteiger partial charge on any atom is -0.334 e. The lowest BCUT2D eigenvalue weighted by Gasteiger charge is -2.29. The van der Waals surface area contributed by atoms with Crippen LogP contribution in [0.4, 0.5) is 0 Å². The molecule has 0 unspecified atom stereocenters. The second-order valence-corrected chi connectivity index (χ2v) is 7.21. The van der Waals surface area contributed by atoms with Gasteiger partial charge in [0.1, 0.15) is 6.33 Å². The van der Waals surface area contributed by atoms with Crippen molar-refractivity contribution in [3.63, 3.8) is 0 Å². The van der Waals surface area contributed by atoms with Gasteiger partial charge in [-0.1, -0.05) is 26.0 Å². The van der Waals surface area contributed by atoms with Crippen molar-refractivity contribution < 1.29 is 4.79 Å². The Balaban J connectivity index is 1.50. The second-order valence-electron chi connectivity index (χ2n) is 7.21. The topological polar surface area (TPSA) is 66.6 Å². The molecule has 7 heteroatoms. The van der Waals surface area contributed by atoms with Crippen LogP contribution in [0.1, 0.15) is 37.0 Å². The van der Waals surface area contributed by atoms with Crippen LogP contribution in [0.25, 0.3) is 16.9 Å². The summed E-state index contributed by atoms with van der Waals surface area (Å²) in [6.45, 7) is 8.20. The fraction of sp³-hybridized carbons (Fsp3) is 0.429. The molecule has 1 aliphatic heterocycles. The average Bonchev–Trinajstić information content (AvgIpc) is 3.40. The van der Waals surface area contributed by atoms with E-state index in [2.05, 4.69) is 38.7 Å². The van der Waals surface area contributed by atoms with Crippen molar-refractivity contribution in [3.05, 3.63) is 48.5 Å². The van der Waals surface area contributed by atoms with Crippen LogP contribution in [-0.4, -0.2) is 67.5 Å². The van der Waals surface area contributed by atoms with Gasteiger partial charge < -0.3 is 9.80 Å². The zero-order chi connectivity index (χ0) is 19.5. The Morgan fingerprint density at radius 3 is 2.68 bits per heavy atom. The predicted octanol–water partition coefficient (Wildman–Crippen LogP) is 2.74. The van der Waals surface area contributed by atoms with Crippen molar-refractivity contribution in [2.75, 3.05) is 26.2 Å². The maximum absolute atomic E-state index is 13.1. The molecule has 0 bridgehead atoms. The Hall–Kier alpha value is -2.80. The standard InChI is InChI=1S/C21H26N6O/c1-3-25(4-2)14-19-6-5-11-26(19)20(28)17-9-7-16(8-10-17)18-12-22-21-23-15-24-27(21)13-18/h7-10,12-13,15,19H,3-6,11,14H2,1-2H3/t19-/m1/s1. The number of likely N-dealkylation sites (N-methyl/N-ethyl adjacent to an activating group) is 1. The molecule has 28 heavy (non-hydrogen) atoms. The quantitative estimate of drug-likeness (QED) is 0.660. The van der Waals surface area contributed by atoms with Crippen molar-refractivity contribution >= 4 is 11.7 Å². The lowest BCUT2D eigenvalue weighted by molar-refractivity contribution is 0.0704. The molecule has 4 rings (SSSR count). The van der Waals surface area contributed by atoms with Crippen molar-refractivity contribution in [1.29, 1.82) is 0 Å². The summed E-state index contributed by atoms with van der Waals surface area (Å²) in [6, 6.07) is 8.09. The number of carbonyl (C=O) groups is 1. The second kappa shape index (κ2) is 8.06. The van der Waals surface area contributed by atoms with Gasteiger partial charge in [0, 0.05) is 42.7 Å². The lowest BCUT2D eigenvalue weighted by Crippen LogP contribution is -2.43. The number of aromatic nitrogens is 4. The maximum Gasteiger partial charge on any atom is 0.254 e. The Bertz CT molecular complexity index is 947. The third-order valence-electron chi connectivity index (χ3n) is 5.60. The molecule has 1 aliphatic rings. The first kappa shape index (κ1) is 18.6. The third-order valence-corrected chi connectivity index (χ3v) is 5.60. The van der Waals surface area contributed by atoms with E-state index in [1.165, 1.54) is 6.33 Å². The van der Waals surface area contributed by atoms with Crippen LogP contribution >= 0.6 is 0 Å². The summed E-state index contributed by atoms with van der Waals surface area (Å²) < 4.78 is 1.65. The summed E-state index contributed by atoms with van der Waals surface area (Å²) in [5, 5.41) is 4.13. The molecular formula is C21H26N6O. The Morgan fingerprint density at radius 2 is 1.93 bits per heavy atom. The van der Waals surface area contributed by atoms with Gasteiger partial charge in [-0.2, -0.15) is 10.1 Å². The lowest BCUT2D eigenvalue weighted by atomic mass is 10.1. The van der Waals surface area contributed by atoms with Crippen LogP contribution < -0.4 is 0 Å². The van der Waals surface area contributed by atoms with E-state index in [0.29, 0.717) is 11.8 Å². The Kier molecular flexibility index (Phi) is 5.34. The monoisotopic (exact) mass is 378 g/mol. The minimum absolute atomic E-state index is 0.131. The fourth-order valence-corrected chi connectivity index (χ4v) is 3.91. The largest absolute Gasteiger partial charge is 0.334 e. The van der Waals surface area contributed by atoms with Gasteiger partial charge in [-0.25, -0.2) is 9.50 Å². The summed E-state index contributed by atoms with van der Waals surface area (Å²) in [4.78, 5) is 25.9. The molecule has 1 aromatic carbocycles. The number of hydrogen-bond acceptors (Lipinski definition) is 5. The van der Waals surface area contributed by atoms with E-state index in [0.717, 1.165) is 55.7 Å². The van der Waals surface area contributed by atoms with Crippen LogP contribution in [0.5, 0.6) is 0 Å². The van der Waals surface area contributed by atoms with Crippen LogP contribution in [0.15, 0.2) is 43.0 Å². The summed E-state index contributed by atoms with van der Waals surface area (Å²) in [5.41, 5.74) is 2.69. The zero-order valence-corrected chi connectivity index (χ0v) is 16.5. The SMILES string of the molecule is CCN(CC)C[C@H]1CCCN1C(=O)c1ccc(-c2cnc3ncnn3c2)cc1. The van der Waals surface area contributed by atoms with Gasteiger partial charge in [0.05, 0.1) is 0 Å². The van der Waals surface area contributed by atoms with Crippen molar-refractivity contribution in [3.8, 4) is 11.1 Å². The van der Waals surface area contributed by atoms with E-state index in [4.69, 9.17) is 0 Å². The normalized spacial score (nSPS) is 17.0. The highest BCUT2D eigenvalue weighted by Crippen LogP contribution is 2.23. The molecular weight excluding hydrogens is 352 g/mol. The molecule has 3 aromatic rings. The van der Waals surface area contributed by atoms with E-state index < -0.39 is 0 Å². The van der Waals surface area contributed by atoms with Crippen molar-refractivity contribution in [2.45, 2.75) is 32.7 Å². The highest BCUT2D eigenvalue weighted by Gasteiger charge is 2.30. The van der Waals surface area contributed by atoms with E-state index in [1.807, 2.05) is 30.5 Å². The summed E-state index contributed by atoms with van der Waals surface area (Å²) in [7, 11) is 0. The molecule has 7 nitrogen and oxygen atoms in total. The predicted molar refractivity (Wildman–Crippen MR) is 108 cm³/mol. The van der Waals surface area contributed by atoms with Gasteiger partial charge in [0.2, 0.25) is 0 Å². The van der Waals surface area contributed by atoms with Crippen molar-refractivity contribution in [2.24, 2.45) is 0 Å². The number of carbonyl (C=O) groups excluding carboxylic acids is 1. The fourth-order valence-electron chi connectivity index (χ4n) is 3.91. The van der Waals surface area contributed by atoms with Crippen molar-refractivity contribution in [1.82, 2.24) is 29.4 Å². The smallest absolute Gasteiger partial charge is 0.254 e. The molecule has 1 fully saturated rings. The number of rotatable bonds is 6. The summed E-state index contributed by atoms with van der Waals surface area (Å²) in [5.74, 6) is 0.704. The molecule has 3 heterocycles. The molecule has 146 valence electrons. The van der Waals surface area contributed by atoms with E-state index in [9.17, 15) is 4.79 Å². The molecule has 1 saturated heterocycles. The van der Waals surface area contributed by atoms with Gasteiger partial charge in [-0.3, -0.25) is 4.79 Å². The highest BCUT2D eigenvalue weighted by molar-refractivity contribution is 5.95. The van der Waals surface area contributed by atoms with Gasteiger partial charge in [0.15, 0.2) is 0 Å². The summed E-state index contributed by atoms with van der Waals surface area (Å²) >= 11 is 0. The number of benzene rings is 1. The molecule has 0 aliphatic carbocycles. The zero-order valence-electron chi connectivity index (χ0n) is 16.5. The number of amides is 1. The third kappa shape index (κ3) is 3.62. The van der Waals surface area contributed by atoms with E-state index in [-0.39, 0.29) is 5.91 Å². The van der Waals surface area contributed by atoms with Crippen LogP contribution in [-0.2, 0) is 0 Å². The van der Waals surface area contributed by atoms with Crippen LogP contribution in [0.2, 0.25) is 0 Å². The molecule has 1 atom stereocenters. The average molecular weight is 378 g/mol. The van der Waals surface area contributed by atoms with Crippen LogP contribution in [0, 0.1) is 0 Å². The van der Waals surface area contributed by atoms with E-state index >= 15 is 0 Å². The molecule has 0 N–H and O–H groups in total. The molecule has 1 amide bonds. The Morgan fingerprint density at radius 1 is 1.14 bits per heavy atom. The first-order valence-corrected chi connectivity index (χ1v) is 9.98. The molecule has 2 aromatic heterocycles. The highest BCUT2D eigenvalue weighted by atomic mass is 16.2. The summed E-state index contributed by atoms with van der Waals surface area (Å²) in [6.07, 6.45) is 7.33. The minimum atomic E-state index is 0.131. The first-order valence-electron chi connectivity index (χ1n) is 9.98. The van der Waals surface area contributed by atoms with Gasteiger partial charge in [0.25, 0.3) is 11.7 Å². The number of nitrogens with zero attached hydrogens (tertiary/aromatic N) is 6. The molecule has 0 radical (unpaired) electrons. The Labute approximate surface area is 165 Å². The number of fused-ring (bicyclic) bond motifs is 1. The molecule has 0 saturated carbocycles. The number of likely N-dealkylation sites (tertiary alicyclic amines) is 1. The molecule has 0 spiro atoms. The maximum atomic E-state index is 13.1. The van der Waals surface area contributed by atoms with E-state index in [1.54, 1.807) is 10.7 Å². The van der Waals surface area contributed by atoms with Gasteiger partial charge in [-0.05, 0) is 43.6 Å². The number of hydrogen-bond donors (Lipinski definition) is 0. The van der Waals surface area contributed by atoms with Gasteiger partial charge >= 0.3 is 0 Å².